The molecule has 2 N–H and O–H groups in total. The van der Waals surface area contributed by atoms with Crippen molar-refractivity contribution in [3.8, 4) is 22.9 Å². The molecular weight excluding hydrogens is 344 g/mol. The Balaban J connectivity index is 1.42. The molecule has 3 rings (SSSR count). The van der Waals surface area contributed by atoms with Gasteiger partial charge in [0.25, 0.3) is 0 Å². The molecule has 0 unspecified atom stereocenters. The number of nitrogens with one attached hydrogen (secondary N) is 2. The Morgan fingerprint density at radius 2 is 1.74 bits per heavy atom. The molecule has 0 spiro atoms. The minimum atomic E-state index is -0.286. The quantitative estimate of drug-likeness (QED) is 0.628. The average molecular weight is 364 g/mol. The van der Waals surface area contributed by atoms with Gasteiger partial charge in [-0.3, -0.25) is 0 Å². The number of amides is 2. The molecule has 138 valence electrons. The smallest absolute Gasteiger partial charge is 0.319 e. The molecule has 0 fully saturated rings. The maximum atomic E-state index is 11.8. The van der Waals surface area contributed by atoms with Crippen molar-refractivity contribution in [1.29, 1.82) is 0 Å². The van der Waals surface area contributed by atoms with Crippen molar-refractivity contribution < 1.29 is 14.3 Å². The van der Waals surface area contributed by atoms with Crippen molar-refractivity contribution in [1.82, 2.24) is 15.5 Å². The number of methoxy groups -OCH3 is 1. The molecule has 27 heavy (non-hydrogen) atoms. The number of ether oxygens (including phenoxy) is 2. The third-order valence-electron chi connectivity index (χ3n) is 3.70. The molecule has 3 aromatic rings. The summed E-state index contributed by atoms with van der Waals surface area (Å²) in [5, 5.41) is 13.7. The van der Waals surface area contributed by atoms with Crippen LogP contribution in [0.15, 0.2) is 66.7 Å². The first-order chi connectivity index (χ1) is 13.2. The van der Waals surface area contributed by atoms with Crippen LogP contribution >= 0.6 is 0 Å². The van der Waals surface area contributed by atoms with Crippen LogP contribution in [0.4, 0.5) is 10.5 Å². The lowest BCUT2D eigenvalue weighted by atomic mass is 10.1. The van der Waals surface area contributed by atoms with Crippen LogP contribution in [-0.2, 0) is 0 Å². The highest BCUT2D eigenvalue weighted by atomic mass is 16.5. The van der Waals surface area contributed by atoms with Gasteiger partial charge in [-0.1, -0.05) is 18.2 Å². The molecule has 0 bridgehead atoms. The lowest BCUT2D eigenvalue weighted by Gasteiger charge is -2.08. The number of benzene rings is 2. The molecule has 0 radical (unpaired) electrons. The van der Waals surface area contributed by atoms with Crippen LogP contribution in [0.25, 0.3) is 11.3 Å². The Morgan fingerprint density at radius 1 is 0.963 bits per heavy atom. The molecule has 1 heterocycles. The summed E-state index contributed by atoms with van der Waals surface area (Å²) in [5.74, 6) is 1.19. The van der Waals surface area contributed by atoms with Crippen molar-refractivity contribution in [3.05, 3.63) is 66.7 Å². The van der Waals surface area contributed by atoms with Gasteiger partial charge in [-0.2, -0.15) is 0 Å². The molecule has 0 aliphatic carbocycles. The summed E-state index contributed by atoms with van der Waals surface area (Å²) in [6, 6.07) is 20.1. The third-order valence-corrected chi connectivity index (χ3v) is 3.70. The van der Waals surface area contributed by atoms with E-state index < -0.39 is 0 Å². The summed E-state index contributed by atoms with van der Waals surface area (Å²) >= 11 is 0. The molecule has 0 saturated carbocycles. The third kappa shape index (κ3) is 5.43. The molecule has 2 aromatic carbocycles. The van der Waals surface area contributed by atoms with Crippen LogP contribution in [0, 0.1) is 0 Å². The number of urea groups is 1. The Kier molecular flexibility index (Phi) is 6.19. The van der Waals surface area contributed by atoms with E-state index in [1.165, 1.54) is 0 Å². The van der Waals surface area contributed by atoms with E-state index in [1.807, 2.05) is 60.7 Å². The standard InChI is InChI=1S/C20H20N4O3/c1-26-17-9-7-15(8-10-17)18-11-12-19(24-23-18)27-14-13-21-20(25)22-16-5-3-2-4-6-16/h2-12H,13-14H2,1H3,(H2,21,22,25). The van der Waals surface area contributed by atoms with Gasteiger partial charge in [0.15, 0.2) is 0 Å². The van der Waals surface area contributed by atoms with Crippen LogP contribution < -0.4 is 20.1 Å². The lowest BCUT2D eigenvalue weighted by Crippen LogP contribution is -2.32. The van der Waals surface area contributed by atoms with Gasteiger partial charge in [-0.15, -0.1) is 10.2 Å². The van der Waals surface area contributed by atoms with Gasteiger partial charge in [-0.05, 0) is 42.5 Å². The zero-order chi connectivity index (χ0) is 18.9. The van der Waals surface area contributed by atoms with Gasteiger partial charge in [0.1, 0.15) is 12.4 Å². The van der Waals surface area contributed by atoms with E-state index in [2.05, 4.69) is 20.8 Å². The van der Waals surface area contributed by atoms with Crippen molar-refractivity contribution in [3.63, 3.8) is 0 Å². The SMILES string of the molecule is COc1ccc(-c2ccc(OCCNC(=O)Nc3ccccc3)nn2)cc1. The minimum absolute atomic E-state index is 0.286. The maximum Gasteiger partial charge on any atom is 0.319 e. The second-order valence-electron chi connectivity index (χ2n) is 5.58. The zero-order valence-electron chi connectivity index (χ0n) is 14.9. The van der Waals surface area contributed by atoms with Crippen molar-refractivity contribution in [2.45, 2.75) is 0 Å². The van der Waals surface area contributed by atoms with Gasteiger partial charge < -0.3 is 20.1 Å². The molecule has 7 nitrogen and oxygen atoms in total. The highest BCUT2D eigenvalue weighted by Crippen LogP contribution is 2.20. The minimum Gasteiger partial charge on any atom is -0.497 e. The van der Waals surface area contributed by atoms with Crippen LogP contribution in [0.5, 0.6) is 11.6 Å². The van der Waals surface area contributed by atoms with Crippen molar-refractivity contribution >= 4 is 11.7 Å². The molecule has 2 amide bonds. The first-order valence-corrected chi connectivity index (χ1v) is 8.45. The number of para-hydroxylation sites is 1. The van der Waals surface area contributed by atoms with Gasteiger partial charge in [-0.25, -0.2) is 4.79 Å². The monoisotopic (exact) mass is 364 g/mol. The van der Waals surface area contributed by atoms with Crippen molar-refractivity contribution in [2.24, 2.45) is 0 Å². The molecule has 0 saturated heterocycles. The van der Waals surface area contributed by atoms with Gasteiger partial charge in [0, 0.05) is 17.3 Å². The predicted octanol–water partition coefficient (Wildman–Crippen LogP) is 3.35. The highest BCUT2D eigenvalue weighted by molar-refractivity contribution is 5.89. The maximum absolute atomic E-state index is 11.8. The van der Waals surface area contributed by atoms with Crippen LogP contribution in [0.3, 0.4) is 0 Å². The van der Waals surface area contributed by atoms with Crippen molar-refractivity contribution in [2.75, 3.05) is 25.6 Å². The topological polar surface area (TPSA) is 85.4 Å². The first-order valence-electron chi connectivity index (χ1n) is 8.45. The van der Waals surface area contributed by atoms with Crippen LogP contribution in [0.1, 0.15) is 0 Å². The number of anilines is 1. The van der Waals surface area contributed by atoms with Gasteiger partial charge in [0.05, 0.1) is 19.3 Å². The molecule has 7 heteroatoms. The number of carbonyl (C=O) groups excluding carboxylic acids is 1. The lowest BCUT2D eigenvalue weighted by molar-refractivity contribution is 0.246. The Morgan fingerprint density at radius 3 is 2.41 bits per heavy atom. The Hall–Kier alpha value is -3.61. The fourth-order valence-electron chi connectivity index (χ4n) is 2.33. The normalized spacial score (nSPS) is 10.1. The molecular formula is C20H20N4O3. The number of rotatable bonds is 7. The fraction of sp³-hybridized carbons (Fsp3) is 0.150. The summed E-state index contributed by atoms with van der Waals surface area (Å²) in [7, 11) is 1.63. The Bertz CT molecular complexity index is 853. The molecule has 0 aliphatic rings. The summed E-state index contributed by atoms with van der Waals surface area (Å²) in [5.41, 5.74) is 2.41. The highest BCUT2D eigenvalue weighted by Gasteiger charge is 2.04. The van der Waals surface area contributed by atoms with E-state index in [1.54, 1.807) is 13.2 Å². The number of hydrogen-bond acceptors (Lipinski definition) is 5. The van der Waals surface area contributed by atoms with E-state index in [9.17, 15) is 4.79 Å². The van der Waals surface area contributed by atoms with E-state index in [-0.39, 0.29) is 6.03 Å². The number of aromatic nitrogens is 2. The first kappa shape index (κ1) is 18.2. The van der Waals surface area contributed by atoms with E-state index >= 15 is 0 Å². The van der Waals surface area contributed by atoms with E-state index in [0.29, 0.717) is 19.0 Å². The van der Waals surface area contributed by atoms with Crippen LogP contribution in [-0.4, -0.2) is 36.5 Å². The second-order valence-corrected chi connectivity index (χ2v) is 5.58. The largest absolute Gasteiger partial charge is 0.497 e. The number of nitrogens with zero attached hydrogens (tertiary/aromatic N) is 2. The summed E-state index contributed by atoms with van der Waals surface area (Å²) in [6.45, 7) is 0.638. The number of carbonyl (C=O) groups is 1. The predicted molar refractivity (Wildman–Crippen MR) is 103 cm³/mol. The Labute approximate surface area is 157 Å². The van der Waals surface area contributed by atoms with E-state index in [4.69, 9.17) is 9.47 Å². The van der Waals surface area contributed by atoms with E-state index in [0.717, 1.165) is 22.7 Å². The fourth-order valence-corrected chi connectivity index (χ4v) is 2.33. The zero-order valence-corrected chi connectivity index (χ0v) is 14.9. The van der Waals surface area contributed by atoms with Gasteiger partial charge >= 0.3 is 6.03 Å². The number of hydrogen-bond donors (Lipinski definition) is 2. The average Bonchev–Trinajstić information content (AvgIpc) is 2.72. The molecule has 0 atom stereocenters. The van der Waals surface area contributed by atoms with Gasteiger partial charge in [0.2, 0.25) is 5.88 Å². The summed E-state index contributed by atoms with van der Waals surface area (Å²) in [6.07, 6.45) is 0. The molecule has 0 aliphatic heterocycles. The van der Waals surface area contributed by atoms with Crippen LogP contribution in [0.2, 0.25) is 0 Å². The molecule has 1 aromatic heterocycles. The summed E-state index contributed by atoms with van der Waals surface area (Å²) in [4.78, 5) is 11.8. The summed E-state index contributed by atoms with van der Waals surface area (Å²) < 4.78 is 10.6. The second kappa shape index (κ2) is 9.19.